The summed E-state index contributed by atoms with van der Waals surface area (Å²) < 4.78 is 5.79. The van der Waals surface area contributed by atoms with Crippen LogP contribution in [0, 0.1) is 0 Å². The number of benzene rings is 2. The lowest BCUT2D eigenvalue weighted by molar-refractivity contribution is -0.128. The molecule has 1 N–H and O–H groups in total. The third-order valence-electron chi connectivity index (χ3n) is 4.10. The molecule has 0 spiro atoms. The van der Waals surface area contributed by atoms with E-state index in [2.05, 4.69) is 17.4 Å². The van der Waals surface area contributed by atoms with Crippen LogP contribution < -0.4 is 15.0 Å². The van der Waals surface area contributed by atoms with E-state index in [1.165, 1.54) is 12.5 Å². The topological polar surface area (TPSA) is 58.6 Å². The Hall–Kier alpha value is -2.47. The number of hydrogen-bond acceptors (Lipinski definition) is 4. The number of amides is 2. The van der Waals surface area contributed by atoms with Crippen molar-refractivity contribution in [3.63, 3.8) is 0 Å². The maximum Gasteiger partial charge on any atom is 0.263 e. The van der Waals surface area contributed by atoms with Crippen LogP contribution in [0.2, 0.25) is 0 Å². The molecule has 0 fully saturated rings. The predicted octanol–water partition coefficient (Wildman–Crippen LogP) is 2.85. The lowest BCUT2D eigenvalue weighted by atomic mass is 10.1. The molecule has 0 aromatic heterocycles. The molecule has 0 radical (unpaired) electrons. The Balaban J connectivity index is 1.48. The molecular formula is C20H22N2O3S. The summed E-state index contributed by atoms with van der Waals surface area (Å²) in [5.41, 5.74) is 1.98. The summed E-state index contributed by atoms with van der Waals surface area (Å²) >= 11 is 1.77. The fourth-order valence-corrected chi connectivity index (χ4v) is 3.61. The van der Waals surface area contributed by atoms with Crippen molar-refractivity contribution in [2.45, 2.75) is 18.8 Å². The zero-order valence-electron chi connectivity index (χ0n) is 14.7. The van der Waals surface area contributed by atoms with Crippen molar-refractivity contribution in [2.75, 3.05) is 23.7 Å². The standard InChI is InChI=1S/C20H22N2O3S/c1-15(23)22-13-19(25-18-10-6-5-9-17(18)22)20(24)21-11-12-26-14-16-7-3-2-4-8-16/h2-10,19H,11-14H2,1H3,(H,21,24)/t19-/m0/s1. The Morgan fingerprint density at radius 1 is 1.15 bits per heavy atom. The second-order valence-electron chi connectivity index (χ2n) is 6.03. The molecule has 0 unspecified atom stereocenters. The van der Waals surface area contributed by atoms with E-state index in [0.717, 1.165) is 11.5 Å². The van der Waals surface area contributed by atoms with Crippen LogP contribution in [0.15, 0.2) is 54.6 Å². The van der Waals surface area contributed by atoms with Gasteiger partial charge in [0, 0.05) is 25.0 Å². The number of anilines is 1. The molecule has 1 heterocycles. The van der Waals surface area contributed by atoms with Crippen molar-refractivity contribution in [1.82, 2.24) is 5.32 Å². The Bertz CT molecular complexity index is 767. The van der Waals surface area contributed by atoms with Crippen molar-refractivity contribution in [2.24, 2.45) is 0 Å². The van der Waals surface area contributed by atoms with E-state index in [4.69, 9.17) is 4.74 Å². The minimum Gasteiger partial charge on any atom is -0.477 e. The summed E-state index contributed by atoms with van der Waals surface area (Å²) in [6, 6.07) is 17.5. The molecule has 1 atom stereocenters. The van der Waals surface area contributed by atoms with E-state index in [1.807, 2.05) is 36.4 Å². The number of carbonyl (C=O) groups is 2. The number of carbonyl (C=O) groups excluding carboxylic acids is 2. The SMILES string of the molecule is CC(=O)N1C[C@@H](C(=O)NCCSCc2ccccc2)Oc2ccccc21. The fraction of sp³-hybridized carbons (Fsp3) is 0.300. The molecule has 136 valence electrons. The summed E-state index contributed by atoms with van der Waals surface area (Å²) in [6.07, 6.45) is -0.687. The van der Waals surface area contributed by atoms with Crippen LogP contribution in [0.25, 0.3) is 0 Å². The average molecular weight is 370 g/mol. The maximum atomic E-state index is 12.4. The van der Waals surface area contributed by atoms with Crippen LogP contribution in [-0.4, -0.2) is 36.8 Å². The van der Waals surface area contributed by atoms with Gasteiger partial charge in [-0.15, -0.1) is 0 Å². The van der Waals surface area contributed by atoms with Gasteiger partial charge < -0.3 is 15.0 Å². The largest absolute Gasteiger partial charge is 0.477 e. The summed E-state index contributed by atoms with van der Waals surface area (Å²) in [6.45, 7) is 2.30. The van der Waals surface area contributed by atoms with E-state index < -0.39 is 6.10 Å². The number of nitrogens with zero attached hydrogens (tertiary/aromatic N) is 1. The first-order valence-corrected chi connectivity index (χ1v) is 9.74. The molecule has 2 aromatic carbocycles. The first-order valence-electron chi connectivity index (χ1n) is 8.58. The van der Waals surface area contributed by atoms with Crippen LogP contribution in [0.1, 0.15) is 12.5 Å². The van der Waals surface area contributed by atoms with Crippen molar-refractivity contribution in [3.8, 4) is 5.75 Å². The Morgan fingerprint density at radius 3 is 2.65 bits per heavy atom. The van der Waals surface area contributed by atoms with Gasteiger partial charge in [-0.1, -0.05) is 42.5 Å². The molecule has 26 heavy (non-hydrogen) atoms. The van der Waals surface area contributed by atoms with E-state index in [9.17, 15) is 9.59 Å². The second kappa shape index (κ2) is 8.76. The minimum atomic E-state index is -0.687. The molecule has 2 amide bonds. The molecule has 1 aliphatic rings. The van der Waals surface area contributed by atoms with E-state index in [1.54, 1.807) is 22.7 Å². The molecule has 6 heteroatoms. The van der Waals surface area contributed by atoms with Crippen molar-refractivity contribution < 1.29 is 14.3 Å². The van der Waals surface area contributed by atoms with Gasteiger partial charge in [-0.2, -0.15) is 11.8 Å². The highest BCUT2D eigenvalue weighted by Gasteiger charge is 2.32. The van der Waals surface area contributed by atoms with Gasteiger partial charge in [-0.3, -0.25) is 9.59 Å². The van der Waals surface area contributed by atoms with Gasteiger partial charge in [0.2, 0.25) is 5.91 Å². The van der Waals surface area contributed by atoms with Crippen molar-refractivity contribution >= 4 is 29.3 Å². The van der Waals surface area contributed by atoms with Gasteiger partial charge in [0.1, 0.15) is 5.75 Å². The Kier molecular flexibility index (Phi) is 6.17. The van der Waals surface area contributed by atoms with Gasteiger partial charge in [0.25, 0.3) is 5.91 Å². The normalized spacial score (nSPS) is 15.7. The van der Waals surface area contributed by atoms with E-state index in [-0.39, 0.29) is 18.4 Å². The minimum absolute atomic E-state index is 0.100. The van der Waals surface area contributed by atoms with Gasteiger partial charge in [0.15, 0.2) is 6.10 Å². The first kappa shape index (κ1) is 18.3. The summed E-state index contributed by atoms with van der Waals surface area (Å²) in [4.78, 5) is 25.9. The third kappa shape index (κ3) is 4.58. The lowest BCUT2D eigenvalue weighted by Crippen LogP contribution is -2.50. The van der Waals surface area contributed by atoms with Gasteiger partial charge >= 0.3 is 0 Å². The lowest BCUT2D eigenvalue weighted by Gasteiger charge is -2.33. The maximum absolute atomic E-state index is 12.4. The van der Waals surface area contributed by atoms with Crippen molar-refractivity contribution in [3.05, 3.63) is 60.2 Å². The first-order chi connectivity index (χ1) is 12.6. The van der Waals surface area contributed by atoms with Crippen LogP contribution >= 0.6 is 11.8 Å². The quantitative estimate of drug-likeness (QED) is 0.795. The summed E-state index contributed by atoms with van der Waals surface area (Å²) in [5.74, 6) is 2.01. The Labute approximate surface area is 157 Å². The van der Waals surface area contributed by atoms with Crippen LogP contribution in [0.5, 0.6) is 5.75 Å². The molecule has 3 rings (SSSR count). The second-order valence-corrected chi connectivity index (χ2v) is 7.14. The zero-order valence-corrected chi connectivity index (χ0v) is 15.5. The molecule has 2 aromatic rings. The molecule has 5 nitrogen and oxygen atoms in total. The number of fused-ring (bicyclic) bond motifs is 1. The monoisotopic (exact) mass is 370 g/mol. The van der Waals surface area contributed by atoms with Gasteiger partial charge in [-0.05, 0) is 17.7 Å². The number of nitrogens with one attached hydrogen (secondary N) is 1. The zero-order chi connectivity index (χ0) is 18.4. The summed E-state index contributed by atoms with van der Waals surface area (Å²) in [5, 5.41) is 2.91. The smallest absolute Gasteiger partial charge is 0.263 e. The van der Waals surface area contributed by atoms with Gasteiger partial charge in [-0.25, -0.2) is 0 Å². The number of hydrogen-bond donors (Lipinski definition) is 1. The average Bonchev–Trinajstić information content (AvgIpc) is 2.67. The number of para-hydroxylation sites is 2. The van der Waals surface area contributed by atoms with Crippen molar-refractivity contribution in [1.29, 1.82) is 0 Å². The number of ether oxygens (including phenoxy) is 1. The predicted molar refractivity (Wildman–Crippen MR) is 104 cm³/mol. The molecule has 0 saturated heterocycles. The molecular weight excluding hydrogens is 348 g/mol. The van der Waals surface area contributed by atoms with Crippen LogP contribution in [-0.2, 0) is 15.3 Å². The molecule has 0 aliphatic carbocycles. The molecule has 1 aliphatic heterocycles. The Morgan fingerprint density at radius 2 is 1.88 bits per heavy atom. The molecule has 0 saturated carbocycles. The van der Waals surface area contributed by atoms with Crippen LogP contribution in [0.4, 0.5) is 5.69 Å². The third-order valence-corrected chi connectivity index (χ3v) is 5.13. The van der Waals surface area contributed by atoms with E-state index >= 15 is 0 Å². The van der Waals surface area contributed by atoms with Gasteiger partial charge in [0.05, 0.1) is 12.2 Å². The van der Waals surface area contributed by atoms with E-state index in [0.29, 0.717) is 18.0 Å². The highest BCUT2D eigenvalue weighted by Crippen LogP contribution is 2.33. The van der Waals surface area contributed by atoms with Crippen LogP contribution in [0.3, 0.4) is 0 Å². The highest BCUT2D eigenvalue weighted by molar-refractivity contribution is 7.98. The molecule has 0 bridgehead atoms. The highest BCUT2D eigenvalue weighted by atomic mass is 32.2. The fourth-order valence-electron chi connectivity index (χ4n) is 2.79. The number of thioether (sulfide) groups is 1. The summed E-state index contributed by atoms with van der Waals surface area (Å²) in [7, 11) is 0. The number of rotatable bonds is 6.